The van der Waals surface area contributed by atoms with Gasteiger partial charge < -0.3 is 4.12 Å². The van der Waals surface area contributed by atoms with Crippen LogP contribution in [0.4, 0.5) is 0 Å². The number of isocyanates is 1. The van der Waals surface area contributed by atoms with E-state index < -0.39 is 16.6 Å². The number of hydrogen-bond donors (Lipinski definition) is 0. The van der Waals surface area contributed by atoms with E-state index in [1.807, 2.05) is 0 Å². The van der Waals surface area contributed by atoms with Crippen LogP contribution in [-0.2, 0) is 8.91 Å². The Morgan fingerprint density at radius 2 is 1.29 bits per heavy atom. The van der Waals surface area contributed by atoms with Crippen molar-refractivity contribution in [1.29, 1.82) is 0 Å². The summed E-state index contributed by atoms with van der Waals surface area (Å²) < 4.78 is 6.36. The largest absolute Gasteiger partial charge is 0.456 e. The predicted octanol–water partition coefficient (Wildman–Crippen LogP) is 5.50. The average Bonchev–Trinajstić information content (AvgIpc) is 2.33. The first-order valence-electron chi connectivity index (χ1n) is 8.51. The number of rotatable bonds is 13. The van der Waals surface area contributed by atoms with Gasteiger partial charge in [0, 0.05) is 0 Å². The van der Waals surface area contributed by atoms with E-state index in [9.17, 15) is 4.79 Å². The van der Waals surface area contributed by atoms with Gasteiger partial charge in [0.05, 0.1) is 6.54 Å². The van der Waals surface area contributed by atoms with E-state index in [0.717, 1.165) is 6.42 Å². The Morgan fingerprint density at radius 1 is 0.810 bits per heavy atom. The van der Waals surface area contributed by atoms with Gasteiger partial charge in [0.15, 0.2) is 16.6 Å². The molecule has 0 bridgehead atoms. The summed E-state index contributed by atoms with van der Waals surface area (Å²) in [5, 5.41) is 0. The van der Waals surface area contributed by atoms with Gasteiger partial charge >= 0.3 is 0 Å². The lowest BCUT2D eigenvalue weighted by molar-refractivity contribution is 0.533. The Hall–Kier alpha value is -0.226. The minimum atomic E-state index is -1.41. The second-order valence-corrected chi connectivity index (χ2v) is 16.6. The monoisotopic (exact) mass is 329 g/mol. The van der Waals surface area contributed by atoms with Crippen LogP contribution in [0.5, 0.6) is 0 Å². The molecule has 0 rings (SSSR count). The van der Waals surface area contributed by atoms with Crippen molar-refractivity contribution in [3.8, 4) is 0 Å². The topological polar surface area (TPSA) is 38.7 Å². The highest BCUT2D eigenvalue weighted by Crippen LogP contribution is 2.21. The zero-order valence-electron chi connectivity index (χ0n) is 14.8. The van der Waals surface area contributed by atoms with Gasteiger partial charge in [0.25, 0.3) is 0 Å². The molecule has 0 atom stereocenters. The van der Waals surface area contributed by atoms with E-state index >= 15 is 0 Å². The van der Waals surface area contributed by atoms with Crippen LogP contribution in [-0.4, -0.2) is 29.3 Å². The van der Waals surface area contributed by atoms with Crippen molar-refractivity contribution in [3.05, 3.63) is 0 Å². The maximum absolute atomic E-state index is 9.89. The third-order valence-electron chi connectivity index (χ3n) is 3.45. The molecule has 0 saturated carbocycles. The molecule has 0 aliphatic heterocycles. The molecule has 0 aliphatic rings. The Balaban J connectivity index is 3.41. The molecular formula is C16H35NO2Si2. The molecule has 124 valence electrons. The molecule has 0 aromatic carbocycles. The summed E-state index contributed by atoms with van der Waals surface area (Å²) in [6, 6.07) is 1.31. The highest BCUT2D eigenvalue weighted by atomic mass is 28.4. The van der Waals surface area contributed by atoms with Crippen LogP contribution in [0.3, 0.4) is 0 Å². The minimum Gasteiger partial charge on any atom is -0.456 e. The summed E-state index contributed by atoms with van der Waals surface area (Å²) in [6.07, 6.45) is 11.8. The maximum atomic E-state index is 9.89. The van der Waals surface area contributed by atoms with Gasteiger partial charge in [-0.15, -0.1) is 0 Å². The minimum absolute atomic E-state index is 0.653. The van der Waals surface area contributed by atoms with E-state index in [2.05, 4.69) is 37.7 Å². The first-order chi connectivity index (χ1) is 9.77. The molecule has 0 unspecified atom stereocenters. The molecule has 3 nitrogen and oxygen atoms in total. The fraction of sp³-hybridized carbons (Fsp3) is 0.938. The number of unbranched alkanes of at least 4 members (excludes halogenated alkanes) is 7. The van der Waals surface area contributed by atoms with Crippen molar-refractivity contribution in [3.63, 3.8) is 0 Å². The summed E-state index contributed by atoms with van der Waals surface area (Å²) in [4.78, 5) is 13.5. The molecule has 0 spiro atoms. The zero-order chi connectivity index (χ0) is 16.2. The van der Waals surface area contributed by atoms with Crippen LogP contribution in [0, 0.1) is 0 Å². The summed E-state index contributed by atoms with van der Waals surface area (Å²) in [5.74, 6) is 0. The molecule has 0 N–H and O–H groups in total. The van der Waals surface area contributed by atoms with E-state index in [0.29, 0.717) is 6.54 Å². The number of nitrogens with zero attached hydrogens (tertiary/aromatic N) is 1. The van der Waals surface area contributed by atoms with Gasteiger partial charge in [-0.3, -0.25) is 0 Å². The van der Waals surface area contributed by atoms with E-state index in [1.54, 1.807) is 6.08 Å². The third-order valence-corrected chi connectivity index (χ3v) is 9.66. The van der Waals surface area contributed by atoms with Crippen LogP contribution in [0.2, 0.25) is 38.8 Å². The van der Waals surface area contributed by atoms with Crippen molar-refractivity contribution in [2.45, 2.75) is 90.1 Å². The fourth-order valence-corrected chi connectivity index (χ4v) is 10.9. The highest BCUT2D eigenvalue weighted by molar-refractivity contribution is 6.84. The zero-order valence-corrected chi connectivity index (χ0v) is 16.8. The molecule has 0 radical (unpaired) electrons. The Bertz CT molecular complexity index is 308. The van der Waals surface area contributed by atoms with E-state index in [4.69, 9.17) is 4.12 Å². The second-order valence-electron chi connectivity index (χ2n) is 7.53. The van der Waals surface area contributed by atoms with Crippen LogP contribution in [0.25, 0.3) is 0 Å². The van der Waals surface area contributed by atoms with Gasteiger partial charge in [-0.2, -0.15) is 0 Å². The second kappa shape index (κ2) is 11.4. The molecule has 0 heterocycles. The Labute approximate surface area is 133 Å². The lowest BCUT2D eigenvalue weighted by Crippen LogP contribution is -2.42. The lowest BCUT2D eigenvalue weighted by atomic mass is 10.1. The average molecular weight is 330 g/mol. The van der Waals surface area contributed by atoms with E-state index in [1.165, 1.54) is 51.0 Å². The van der Waals surface area contributed by atoms with Gasteiger partial charge in [-0.05, 0) is 45.2 Å². The van der Waals surface area contributed by atoms with Crippen molar-refractivity contribution in [1.82, 2.24) is 0 Å². The van der Waals surface area contributed by atoms with Crippen molar-refractivity contribution in [2.24, 2.45) is 4.99 Å². The van der Waals surface area contributed by atoms with Crippen molar-refractivity contribution in [2.75, 3.05) is 6.54 Å². The standard InChI is InChI=1S/C16H35NO2Si2/c1-20(2,3)19-21(4,5)15-13-11-9-7-6-8-10-12-14-17-16-18/h6-15H2,1-5H3. The van der Waals surface area contributed by atoms with Crippen LogP contribution < -0.4 is 0 Å². The van der Waals surface area contributed by atoms with Gasteiger partial charge in [0.2, 0.25) is 6.08 Å². The maximum Gasteiger partial charge on any atom is 0.234 e. The Kier molecular flexibility index (Phi) is 11.2. The predicted molar refractivity (Wildman–Crippen MR) is 96.6 cm³/mol. The number of aliphatic imine (C=N–C) groups is 1. The summed E-state index contributed by atoms with van der Waals surface area (Å²) in [6.45, 7) is 12.3. The quantitative estimate of drug-likeness (QED) is 0.194. The molecule has 5 heteroatoms. The Morgan fingerprint density at radius 3 is 1.76 bits per heavy atom. The van der Waals surface area contributed by atoms with E-state index in [-0.39, 0.29) is 0 Å². The van der Waals surface area contributed by atoms with Crippen molar-refractivity contribution >= 4 is 22.7 Å². The molecule has 21 heavy (non-hydrogen) atoms. The van der Waals surface area contributed by atoms with Gasteiger partial charge in [-0.25, -0.2) is 9.79 Å². The smallest absolute Gasteiger partial charge is 0.234 e. The summed E-state index contributed by atoms with van der Waals surface area (Å²) in [7, 11) is -2.78. The van der Waals surface area contributed by atoms with Gasteiger partial charge in [-0.1, -0.05) is 44.9 Å². The lowest BCUT2D eigenvalue weighted by Gasteiger charge is -2.31. The SMILES string of the molecule is C[Si](C)(C)O[Si](C)(C)CCCCCCCCCCN=C=O. The van der Waals surface area contributed by atoms with Crippen LogP contribution in [0.1, 0.15) is 51.4 Å². The molecular weight excluding hydrogens is 294 g/mol. The summed E-state index contributed by atoms with van der Waals surface area (Å²) >= 11 is 0. The fourth-order valence-electron chi connectivity index (χ4n) is 2.73. The first-order valence-corrected chi connectivity index (χ1v) is 15.0. The van der Waals surface area contributed by atoms with Crippen LogP contribution in [0.15, 0.2) is 4.99 Å². The number of carbonyl (C=O) groups excluding carboxylic acids is 1. The molecule has 0 fully saturated rings. The summed E-state index contributed by atoms with van der Waals surface area (Å²) in [5.41, 5.74) is 0. The van der Waals surface area contributed by atoms with Gasteiger partial charge in [0.1, 0.15) is 0 Å². The third kappa shape index (κ3) is 16.0. The first kappa shape index (κ1) is 20.8. The molecule has 0 aliphatic carbocycles. The van der Waals surface area contributed by atoms with Crippen molar-refractivity contribution < 1.29 is 8.91 Å². The normalized spacial score (nSPS) is 12.2. The van der Waals surface area contributed by atoms with Crippen LogP contribution >= 0.6 is 0 Å². The highest BCUT2D eigenvalue weighted by Gasteiger charge is 2.28. The molecule has 0 amide bonds. The molecule has 0 aromatic heterocycles. The molecule has 0 saturated heterocycles. The number of hydrogen-bond acceptors (Lipinski definition) is 3. The molecule has 0 aromatic rings.